The Kier molecular flexibility index (Phi) is 5.79. The van der Waals surface area contributed by atoms with Crippen LogP contribution in [0.1, 0.15) is 11.1 Å². The summed E-state index contributed by atoms with van der Waals surface area (Å²) in [6.45, 7) is 3.86. The Labute approximate surface area is 157 Å². The van der Waals surface area contributed by atoms with Crippen molar-refractivity contribution in [1.29, 1.82) is 0 Å². The van der Waals surface area contributed by atoms with Crippen molar-refractivity contribution in [3.05, 3.63) is 53.6 Å². The van der Waals surface area contributed by atoms with Gasteiger partial charge < -0.3 is 15.3 Å². The first kappa shape index (κ1) is 19.4. The Morgan fingerprint density at radius 2 is 1.78 bits per heavy atom. The number of piperazine rings is 1. The molecule has 1 aliphatic heterocycles. The molecule has 0 aliphatic carbocycles. The lowest BCUT2D eigenvalue weighted by atomic mass is 10.1. The molecule has 2 aromatic carbocycles. The first-order chi connectivity index (χ1) is 12.9. The first-order valence-corrected chi connectivity index (χ1v) is 9.01. The third kappa shape index (κ3) is 4.86. The first-order valence-electron chi connectivity index (χ1n) is 9.01. The van der Waals surface area contributed by atoms with E-state index < -0.39 is 11.7 Å². The quantitative estimate of drug-likeness (QED) is 0.775. The predicted octanol–water partition coefficient (Wildman–Crippen LogP) is 3.82. The van der Waals surface area contributed by atoms with Crippen LogP contribution in [0.15, 0.2) is 42.5 Å². The molecule has 4 nitrogen and oxygen atoms in total. The van der Waals surface area contributed by atoms with E-state index in [0.717, 1.165) is 37.7 Å². The normalized spacial score (nSPS) is 15.8. The summed E-state index contributed by atoms with van der Waals surface area (Å²) in [5.41, 5.74) is 1.78. The molecule has 0 atom stereocenters. The van der Waals surface area contributed by atoms with Crippen LogP contribution in [-0.4, -0.2) is 49.8 Å². The largest absolute Gasteiger partial charge is 0.506 e. The smallest absolute Gasteiger partial charge is 0.416 e. The minimum Gasteiger partial charge on any atom is -0.506 e. The van der Waals surface area contributed by atoms with Crippen molar-refractivity contribution in [2.75, 3.05) is 50.0 Å². The van der Waals surface area contributed by atoms with Gasteiger partial charge in [0.1, 0.15) is 5.75 Å². The lowest BCUT2D eigenvalue weighted by Crippen LogP contribution is -2.47. The van der Waals surface area contributed by atoms with E-state index in [1.54, 1.807) is 19.2 Å². The second-order valence-electron chi connectivity index (χ2n) is 6.73. The van der Waals surface area contributed by atoms with Crippen molar-refractivity contribution >= 4 is 11.4 Å². The van der Waals surface area contributed by atoms with Crippen LogP contribution >= 0.6 is 0 Å². The zero-order chi connectivity index (χ0) is 19.4. The van der Waals surface area contributed by atoms with Crippen LogP contribution < -0.4 is 10.2 Å². The lowest BCUT2D eigenvalue weighted by molar-refractivity contribution is -0.137. The molecule has 146 valence electrons. The number of phenols is 1. The third-order valence-electron chi connectivity index (χ3n) is 4.96. The monoisotopic (exact) mass is 379 g/mol. The van der Waals surface area contributed by atoms with Crippen molar-refractivity contribution in [2.45, 2.75) is 12.6 Å². The topological polar surface area (TPSA) is 38.7 Å². The molecule has 1 saturated heterocycles. The second-order valence-corrected chi connectivity index (χ2v) is 6.73. The third-order valence-corrected chi connectivity index (χ3v) is 4.96. The average Bonchev–Trinajstić information content (AvgIpc) is 2.66. The van der Waals surface area contributed by atoms with Crippen LogP contribution in [0.2, 0.25) is 0 Å². The molecule has 27 heavy (non-hydrogen) atoms. The summed E-state index contributed by atoms with van der Waals surface area (Å²) >= 11 is 0. The Bertz CT molecular complexity index is 771. The fourth-order valence-corrected chi connectivity index (χ4v) is 3.34. The van der Waals surface area contributed by atoms with Crippen molar-refractivity contribution in [3.8, 4) is 5.75 Å². The number of benzene rings is 2. The number of anilines is 2. The maximum absolute atomic E-state index is 12.9. The van der Waals surface area contributed by atoms with Gasteiger partial charge in [-0.15, -0.1) is 0 Å². The van der Waals surface area contributed by atoms with Crippen LogP contribution in [0.25, 0.3) is 0 Å². The number of hydrogen-bond acceptors (Lipinski definition) is 4. The highest BCUT2D eigenvalue weighted by atomic mass is 19.4. The average molecular weight is 379 g/mol. The van der Waals surface area contributed by atoms with E-state index >= 15 is 0 Å². The van der Waals surface area contributed by atoms with E-state index in [9.17, 15) is 18.3 Å². The molecule has 2 aromatic rings. The molecule has 0 spiro atoms. The summed E-state index contributed by atoms with van der Waals surface area (Å²) in [6.07, 6.45) is -3.49. The number of nitrogens with one attached hydrogen (secondary N) is 1. The van der Waals surface area contributed by atoms with E-state index in [-0.39, 0.29) is 5.75 Å². The van der Waals surface area contributed by atoms with Gasteiger partial charge >= 0.3 is 6.18 Å². The molecule has 0 bridgehead atoms. The summed E-state index contributed by atoms with van der Waals surface area (Å²) in [6, 6.07) is 11.1. The minimum absolute atomic E-state index is 0.240. The number of halogens is 3. The molecule has 0 radical (unpaired) electrons. The number of nitrogens with zero attached hydrogens (tertiary/aromatic N) is 2. The highest BCUT2D eigenvalue weighted by molar-refractivity contribution is 5.56. The molecule has 3 rings (SSSR count). The lowest BCUT2D eigenvalue weighted by Gasteiger charge is -2.36. The minimum atomic E-state index is -4.31. The molecule has 7 heteroatoms. The number of rotatable bonds is 5. The van der Waals surface area contributed by atoms with E-state index in [2.05, 4.69) is 10.2 Å². The fourth-order valence-electron chi connectivity index (χ4n) is 3.34. The van der Waals surface area contributed by atoms with Crippen LogP contribution in [0.3, 0.4) is 0 Å². The maximum atomic E-state index is 12.9. The maximum Gasteiger partial charge on any atom is 0.416 e. The zero-order valence-electron chi connectivity index (χ0n) is 15.3. The molecular formula is C20H24F3N3O. The molecule has 1 heterocycles. The summed E-state index contributed by atoms with van der Waals surface area (Å²) in [4.78, 5) is 4.30. The van der Waals surface area contributed by atoms with Gasteiger partial charge in [-0.3, -0.25) is 4.90 Å². The van der Waals surface area contributed by atoms with Gasteiger partial charge in [0.05, 0.1) is 11.3 Å². The van der Waals surface area contributed by atoms with Crippen molar-refractivity contribution in [2.24, 2.45) is 0 Å². The highest BCUT2D eigenvalue weighted by Crippen LogP contribution is 2.32. The van der Waals surface area contributed by atoms with Gasteiger partial charge in [-0.25, -0.2) is 0 Å². The molecule has 0 saturated carbocycles. The van der Waals surface area contributed by atoms with E-state index in [4.69, 9.17) is 0 Å². The predicted molar refractivity (Wildman–Crippen MR) is 101 cm³/mol. The molecular weight excluding hydrogens is 355 g/mol. The highest BCUT2D eigenvalue weighted by Gasteiger charge is 2.31. The van der Waals surface area contributed by atoms with Crippen LogP contribution in [-0.2, 0) is 12.6 Å². The van der Waals surface area contributed by atoms with Crippen molar-refractivity contribution < 1.29 is 18.3 Å². The Morgan fingerprint density at radius 3 is 2.41 bits per heavy atom. The van der Waals surface area contributed by atoms with Gasteiger partial charge in [0.25, 0.3) is 0 Å². The summed E-state index contributed by atoms with van der Waals surface area (Å²) in [7, 11) is 1.76. The molecule has 0 aromatic heterocycles. The Hall–Kier alpha value is -2.41. The van der Waals surface area contributed by atoms with Crippen LogP contribution in [0, 0.1) is 0 Å². The van der Waals surface area contributed by atoms with Gasteiger partial charge in [0.15, 0.2) is 0 Å². The Balaban J connectivity index is 1.53. The van der Waals surface area contributed by atoms with Crippen LogP contribution in [0.5, 0.6) is 5.75 Å². The van der Waals surface area contributed by atoms with E-state index in [1.807, 2.05) is 17.0 Å². The summed E-state index contributed by atoms with van der Waals surface area (Å²) in [5, 5.41) is 12.8. The van der Waals surface area contributed by atoms with Gasteiger partial charge in [-0.05, 0) is 42.3 Å². The van der Waals surface area contributed by atoms with Crippen molar-refractivity contribution in [3.63, 3.8) is 0 Å². The van der Waals surface area contributed by atoms with Gasteiger partial charge in [-0.1, -0.05) is 12.1 Å². The van der Waals surface area contributed by atoms with Gasteiger partial charge in [-0.2, -0.15) is 13.2 Å². The number of aromatic hydroxyl groups is 1. The number of alkyl halides is 3. The van der Waals surface area contributed by atoms with Gasteiger partial charge in [0.2, 0.25) is 0 Å². The Morgan fingerprint density at radius 1 is 1.04 bits per heavy atom. The standard InChI is InChI=1S/C20H24F3N3O/c1-24-18-6-5-15(13-19(18)27)7-8-25-9-11-26(12-10-25)17-4-2-3-16(14-17)20(21,22)23/h2-6,13-14,24,27H,7-12H2,1H3. The molecule has 0 unspecified atom stereocenters. The second kappa shape index (κ2) is 8.08. The molecule has 1 aliphatic rings. The van der Waals surface area contributed by atoms with E-state index in [1.165, 1.54) is 12.1 Å². The zero-order valence-corrected chi connectivity index (χ0v) is 15.3. The van der Waals surface area contributed by atoms with Gasteiger partial charge in [0, 0.05) is 45.5 Å². The summed E-state index contributed by atoms with van der Waals surface area (Å²) in [5.74, 6) is 0.240. The molecule has 0 amide bonds. The molecule has 1 fully saturated rings. The number of phenolic OH excluding ortho intramolecular Hbond substituents is 1. The SMILES string of the molecule is CNc1ccc(CCN2CCN(c3cccc(C(F)(F)F)c3)CC2)cc1O. The summed E-state index contributed by atoms with van der Waals surface area (Å²) < 4.78 is 38.7. The number of hydrogen-bond donors (Lipinski definition) is 2. The van der Waals surface area contributed by atoms with Crippen molar-refractivity contribution in [1.82, 2.24) is 4.90 Å². The fraction of sp³-hybridized carbons (Fsp3) is 0.400. The van der Waals surface area contributed by atoms with Crippen LogP contribution in [0.4, 0.5) is 24.5 Å². The molecule has 2 N–H and O–H groups in total. The van der Waals surface area contributed by atoms with E-state index in [0.29, 0.717) is 24.5 Å².